The predicted molar refractivity (Wildman–Crippen MR) is 230 cm³/mol. The number of hydrogen-bond acceptors (Lipinski definition) is 16. The second-order valence-electron chi connectivity index (χ2n) is 19.5. The van der Waals surface area contributed by atoms with E-state index in [-0.39, 0.29) is 30.9 Å². The number of rotatable bonds is 10. The van der Waals surface area contributed by atoms with Crippen molar-refractivity contribution in [2.45, 2.75) is 185 Å². The first-order chi connectivity index (χ1) is 28.8. The van der Waals surface area contributed by atoms with Gasteiger partial charge in [0.1, 0.15) is 17.8 Å². The number of hydrogen-bond donors (Lipinski definition) is 5. The standard InChI is InChI=1S/C46H78N2O14/c1-25-21-44(8,54)40(62-43-37(33(47(11)12)20-26(2)57-43)61-41(52)27(3)32-18-16-15-17-19-32)28(4)36(60-35-22-45(9,56-14)39(51)31(7)58-35)29(5)42(53)59-34(24-49)46(10,55)38(50)30(6)48(13)23-25/h15-19,25-31,33-40,43,49-51,54-55H,20-24H2,1-14H3/t25-,26-,27?,28+,29-,30-,31+,33+,34-,35+,36+,37-,38-,39+,40-,43?,44-,45-,46-/m1/s1. The Balaban J connectivity index is 1.86. The molecule has 1 aromatic carbocycles. The molecule has 0 saturated carbocycles. The Kier molecular flexibility index (Phi) is 18.0. The fraction of sp³-hybridized carbons (Fsp3) is 0.826. The number of aliphatic hydroxyl groups is 5. The van der Waals surface area contributed by atoms with Gasteiger partial charge in [0.2, 0.25) is 0 Å². The van der Waals surface area contributed by atoms with E-state index in [1.54, 1.807) is 55.5 Å². The van der Waals surface area contributed by atoms with Crippen LogP contribution in [0.3, 0.4) is 0 Å². The van der Waals surface area contributed by atoms with E-state index in [4.69, 9.17) is 33.2 Å². The van der Waals surface area contributed by atoms with Crippen LogP contribution in [0.1, 0.15) is 100.0 Å². The molecule has 3 fully saturated rings. The van der Waals surface area contributed by atoms with E-state index in [1.807, 2.05) is 68.1 Å². The van der Waals surface area contributed by atoms with Crippen molar-refractivity contribution >= 4 is 11.9 Å². The summed E-state index contributed by atoms with van der Waals surface area (Å²) in [5.41, 5.74) is -4.07. The Labute approximate surface area is 369 Å². The molecule has 1 aromatic rings. The number of carbonyl (C=O) groups excluding carboxylic acids is 2. The molecule has 0 spiro atoms. The van der Waals surface area contributed by atoms with Crippen LogP contribution in [0.25, 0.3) is 0 Å². The number of nitrogens with zero attached hydrogens (tertiary/aromatic N) is 2. The molecular formula is C46H78N2O14. The van der Waals surface area contributed by atoms with Crippen molar-refractivity contribution < 1.29 is 68.3 Å². The van der Waals surface area contributed by atoms with Crippen LogP contribution in [0.2, 0.25) is 0 Å². The van der Waals surface area contributed by atoms with Gasteiger partial charge in [-0.1, -0.05) is 44.2 Å². The highest BCUT2D eigenvalue weighted by molar-refractivity contribution is 5.78. The molecule has 0 aromatic heterocycles. The van der Waals surface area contributed by atoms with Gasteiger partial charge in [0.15, 0.2) is 24.8 Å². The second kappa shape index (κ2) is 21.3. The van der Waals surface area contributed by atoms with Crippen LogP contribution in [-0.2, 0) is 42.7 Å². The Morgan fingerprint density at radius 3 is 2.16 bits per heavy atom. The molecule has 0 radical (unpaired) electrons. The molecule has 3 heterocycles. The number of esters is 2. The normalized spacial score (nSPS) is 43.9. The summed E-state index contributed by atoms with van der Waals surface area (Å²) in [6.45, 7) is 16.7. The summed E-state index contributed by atoms with van der Waals surface area (Å²) in [4.78, 5) is 32.1. The first-order valence-corrected chi connectivity index (χ1v) is 22.2. The van der Waals surface area contributed by atoms with Gasteiger partial charge in [0.05, 0.1) is 60.1 Å². The molecule has 62 heavy (non-hydrogen) atoms. The first kappa shape index (κ1) is 52.3. The van der Waals surface area contributed by atoms with Crippen LogP contribution in [-0.4, -0.2) is 179 Å². The van der Waals surface area contributed by atoms with E-state index >= 15 is 0 Å². The molecule has 19 atom stereocenters. The zero-order valence-corrected chi connectivity index (χ0v) is 39.5. The molecule has 3 saturated heterocycles. The molecular weight excluding hydrogens is 805 g/mol. The van der Waals surface area contributed by atoms with E-state index in [0.29, 0.717) is 13.0 Å². The van der Waals surface area contributed by atoms with Crippen molar-refractivity contribution in [1.29, 1.82) is 0 Å². The van der Waals surface area contributed by atoms with Gasteiger partial charge in [-0.3, -0.25) is 9.59 Å². The Hall–Kier alpha value is -2.32. The summed E-state index contributed by atoms with van der Waals surface area (Å²) in [6.07, 6.45) is -9.88. The summed E-state index contributed by atoms with van der Waals surface area (Å²) < 4.78 is 44.5. The SMILES string of the molecule is CO[C@]1(C)C[C@H](O[C@H]2[C@H](C)[C@@H](OC3O[C@H](C)C[C@H](N(C)C)[C@H]3OC(=O)C(C)c3ccccc3)[C@](C)(O)C[C@@H](C)CN(C)[C@H](C)[C@@H](O)[C@](C)(O)[C@@H](CO)OC(=O)[C@@H]2C)O[C@@H](C)[C@@H]1O. The summed E-state index contributed by atoms with van der Waals surface area (Å²) in [6, 6.07) is 8.29. The van der Waals surface area contributed by atoms with Gasteiger partial charge in [0.25, 0.3) is 0 Å². The van der Waals surface area contributed by atoms with Gasteiger partial charge >= 0.3 is 11.9 Å². The number of ether oxygens (including phenoxy) is 7. The lowest BCUT2D eigenvalue weighted by Gasteiger charge is -2.49. The molecule has 356 valence electrons. The summed E-state index contributed by atoms with van der Waals surface area (Å²) in [5.74, 6) is -4.25. The molecule has 2 unspecified atom stereocenters. The number of methoxy groups -OCH3 is 1. The molecule has 5 N–H and O–H groups in total. The smallest absolute Gasteiger partial charge is 0.313 e. The van der Waals surface area contributed by atoms with Crippen molar-refractivity contribution in [3.05, 3.63) is 35.9 Å². The van der Waals surface area contributed by atoms with Crippen molar-refractivity contribution in [3.8, 4) is 0 Å². The monoisotopic (exact) mass is 883 g/mol. The van der Waals surface area contributed by atoms with Crippen molar-refractivity contribution in [2.24, 2.45) is 17.8 Å². The third kappa shape index (κ3) is 11.9. The number of likely N-dealkylation sites (N-methyl/N-ethyl adjacent to an activating group) is 2. The lowest BCUT2D eigenvalue weighted by atomic mass is 9.77. The minimum absolute atomic E-state index is 0.0642. The summed E-state index contributed by atoms with van der Waals surface area (Å²) in [5, 5.41) is 57.6. The Morgan fingerprint density at radius 1 is 0.952 bits per heavy atom. The fourth-order valence-electron chi connectivity index (χ4n) is 9.69. The van der Waals surface area contributed by atoms with Crippen LogP contribution in [0.4, 0.5) is 0 Å². The van der Waals surface area contributed by atoms with E-state index < -0.39 is 114 Å². The number of cyclic esters (lactones) is 1. The largest absolute Gasteiger partial charge is 0.456 e. The summed E-state index contributed by atoms with van der Waals surface area (Å²) >= 11 is 0. The average molecular weight is 883 g/mol. The van der Waals surface area contributed by atoms with Gasteiger partial charge < -0.3 is 68.5 Å². The van der Waals surface area contributed by atoms with Crippen molar-refractivity contribution in [1.82, 2.24) is 9.80 Å². The molecule has 0 bridgehead atoms. The molecule has 3 aliphatic rings. The molecule has 16 heteroatoms. The summed E-state index contributed by atoms with van der Waals surface area (Å²) in [7, 11) is 7.05. The third-order valence-electron chi connectivity index (χ3n) is 13.9. The van der Waals surface area contributed by atoms with Crippen LogP contribution in [0.15, 0.2) is 30.3 Å². The van der Waals surface area contributed by atoms with Crippen LogP contribution >= 0.6 is 0 Å². The lowest BCUT2D eigenvalue weighted by Crippen LogP contribution is -2.61. The van der Waals surface area contributed by atoms with Crippen LogP contribution < -0.4 is 0 Å². The molecule has 3 aliphatic heterocycles. The fourth-order valence-corrected chi connectivity index (χ4v) is 9.69. The quantitative estimate of drug-likeness (QED) is 0.214. The van der Waals surface area contributed by atoms with Gasteiger partial charge in [-0.2, -0.15) is 0 Å². The van der Waals surface area contributed by atoms with Gasteiger partial charge in [-0.15, -0.1) is 0 Å². The van der Waals surface area contributed by atoms with Gasteiger partial charge in [-0.05, 0) is 101 Å². The number of aliphatic hydroxyl groups excluding tert-OH is 3. The van der Waals surface area contributed by atoms with Gasteiger partial charge in [0, 0.05) is 32.0 Å². The van der Waals surface area contributed by atoms with Crippen molar-refractivity contribution in [2.75, 3.05) is 41.4 Å². The Morgan fingerprint density at radius 2 is 1.58 bits per heavy atom. The number of benzene rings is 1. The molecule has 4 rings (SSSR count). The average Bonchev–Trinajstić information content (AvgIpc) is 3.21. The highest BCUT2D eigenvalue weighted by atomic mass is 16.7. The van der Waals surface area contributed by atoms with E-state index in [0.717, 1.165) is 5.56 Å². The highest BCUT2D eigenvalue weighted by Gasteiger charge is 2.53. The van der Waals surface area contributed by atoms with E-state index in [2.05, 4.69) is 0 Å². The zero-order chi connectivity index (χ0) is 46.6. The van der Waals surface area contributed by atoms with E-state index in [1.165, 1.54) is 14.0 Å². The van der Waals surface area contributed by atoms with E-state index in [9.17, 15) is 35.1 Å². The van der Waals surface area contributed by atoms with Crippen LogP contribution in [0, 0.1) is 17.8 Å². The maximum Gasteiger partial charge on any atom is 0.313 e. The van der Waals surface area contributed by atoms with Crippen molar-refractivity contribution in [3.63, 3.8) is 0 Å². The number of carbonyl (C=O) groups is 2. The minimum Gasteiger partial charge on any atom is -0.456 e. The second-order valence-corrected chi connectivity index (χ2v) is 19.5. The maximum absolute atomic E-state index is 14.4. The predicted octanol–water partition coefficient (Wildman–Crippen LogP) is 2.84. The third-order valence-corrected chi connectivity index (χ3v) is 13.9. The van der Waals surface area contributed by atoms with Gasteiger partial charge in [-0.25, -0.2) is 0 Å². The van der Waals surface area contributed by atoms with Crippen LogP contribution in [0.5, 0.6) is 0 Å². The molecule has 0 amide bonds. The first-order valence-electron chi connectivity index (χ1n) is 22.2. The molecule has 16 nitrogen and oxygen atoms in total. The Bertz CT molecular complexity index is 1580. The molecule has 0 aliphatic carbocycles. The lowest BCUT2D eigenvalue weighted by molar-refractivity contribution is -0.319. The minimum atomic E-state index is -2.08. The maximum atomic E-state index is 14.4. The highest BCUT2D eigenvalue weighted by Crippen LogP contribution is 2.40. The zero-order valence-electron chi connectivity index (χ0n) is 39.5. The topological polar surface area (TPSA) is 206 Å².